The molecule has 1 aliphatic rings. The average Bonchev–Trinajstić information content (AvgIpc) is 2.36. The van der Waals surface area contributed by atoms with E-state index in [1.807, 2.05) is 6.92 Å². The fourth-order valence-corrected chi connectivity index (χ4v) is 2.79. The van der Waals surface area contributed by atoms with E-state index in [0.29, 0.717) is 18.8 Å². The van der Waals surface area contributed by atoms with Gasteiger partial charge >= 0.3 is 11.5 Å². The number of amides is 1. The van der Waals surface area contributed by atoms with Gasteiger partial charge in [0.2, 0.25) is 5.91 Å². The average molecular weight is 313 g/mol. The van der Waals surface area contributed by atoms with Crippen molar-refractivity contribution in [2.24, 2.45) is 5.92 Å². The van der Waals surface area contributed by atoms with Crippen LogP contribution in [0.5, 0.6) is 0 Å². The van der Waals surface area contributed by atoms with Crippen molar-refractivity contribution in [3.63, 3.8) is 0 Å². The van der Waals surface area contributed by atoms with Crippen LogP contribution in [0, 0.1) is 5.92 Å². The largest absolute Gasteiger partial charge is 0.480 e. The van der Waals surface area contributed by atoms with Crippen molar-refractivity contribution in [1.82, 2.24) is 5.32 Å². The maximum Gasteiger partial charge on any atom is 0.442 e. The van der Waals surface area contributed by atoms with E-state index in [-0.39, 0.29) is 12.8 Å². The van der Waals surface area contributed by atoms with Crippen molar-refractivity contribution in [3.8, 4) is 0 Å². The molecule has 1 aliphatic carbocycles. The number of hydrogen-bond acceptors (Lipinski definition) is 3. The molecule has 2 N–H and O–H groups in total. The molecule has 0 radical (unpaired) electrons. The highest BCUT2D eigenvalue weighted by atomic mass is 32.2. The van der Waals surface area contributed by atoms with Crippen LogP contribution in [0.1, 0.15) is 39.0 Å². The predicted molar refractivity (Wildman–Crippen MR) is 69.3 cm³/mol. The van der Waals surface area contributed by atoms with Crippen LogP contribution < -0.4 is 5.32 Å². The standard InChI is InChI=1S/C12H18F3NO3S/c1-2-8-3-5-11(6-4-8,10(18)19)16-9(17)7-20-12(13,14)15/h8H,2-7H2,1H3,(H,16,17)(H,18,19). The van der Waals surface area contributed by atoms with E-state index in [4.69, 9.17) is 0 Å². The highest BCUT2D eigenvalue weighted by Gasteiger charge is 2.43. The molecule has 0 atom stereocenters. The van der Waals surface area contributed by atoms with Gasteiger partial charge in [-0.25, -0.2) is 4.79 Å². The van der Waals surface area contributed by atoms with Crippen LogP contribution in [0.3, 0.4) is 0 Å². The third-order valence-corrected chi connectivity index (χ3v) is 4.42. The summed E-state index contributed by atoms with van der Waals surface area (Å²) in [6, 6.07) is 0. The number of thioether (sulfide) groups is 1. The maximum absolute atomic E-state index is 12.0. The Bertz CT molecular complexity index is 365. The summed E-state index contributed by atoms with van der Waals surface area (Å²) in [5.41, 5.74) is -5.90. The molecule has 1 saturated carbocycles. The molecule has 0 aromatic rings. The molecule has 0 aliphatic heterocycles. The van der Waals surface area contributed by atoms with Crippen molar-refractivity contribution in [1.29, 1.82) is 0 Å². The fraction of sp³-hybridized carbons (Fsp3) is 0.833. The van der Waals surface area contributed by atoms with E-state index >= 15 is 0 Å². The quantitative estimate of drug-likeness (QED) is 0.819. The number of carboxylic acid groups (broad SMARTS) is 1. The molecule has 0 aromatic carbocycles. The molecule has 0 spiro atoms. The number of carbonyl (C=O) groups excluding carboxylic acids is 1. The molecular weight excluding hydrogens is 295 g/mol. The van der Waals surface area contributed by atoms with E-state index in [1.54, 1.807) is 0 Å². The second-order valence-electron chi connectivity index (χ2n) is 5.02. The molecule has 0 aromatic heterocycles. The number of halogens is 3. The minimum atomic E-state index is -4.49. The minimum Gasteiger partial charge on any atom is -0.480 e. The third kappa shape index (κ3) is 4.88. The van der Waals surface area contributed by atoms with Gasteiger partial charge in [0.1, 0.15) is 5.54 Å². The monoisotopic (exact) mass is 313 g/mol. The second-order valence-corrected chi connectivity index (χ2v) is 6.06. The van der Waals surface area contributed by atoms with E-state index in [0.717, 1.165) is 6.42 Å². The second kappa shape index (κ2) is 6.69. The SMILES string of the molecule is CCC1CCC(NC(=O)CSC(F)(F)F)(C(=O)O)CC1. The van der Waals surface area contributed by atoms with E-state index in [1.165, 1.54) is 0 Å². The van der Waals surface area contributed by atoms with Crippen LogP contribution in [0.15, 0.2) is 0 Å². The summed E-state index contributed by atoms with van der Waals surface area (Å²) in [7, 11) is 0. The number of carboxylic acids is 1. The Balaban J connectivity index is 2.60. The smallest absolute Gasteiger partial charge is 0.442 e. The van der Waals surface area contributed by atoms with Crippen LogP contribution in [0.4, 0.5) is 13.2 Å². The zero-order valence-corrected chi connectivity index (χ0v) is 11.9. The van der Waals surface area contributed by atoms with Crippen LogP contribution in [-0.4, -0.2) is 33.8 Å². The van der Waals surface area contributed by atoms with Crippen LogP contribution in [0.2, 0.25) is 0 Å². The summed E-state index contributed by atoms with van der Waals surface area (Å²) >= 11 is -0.459. The van der Waals surface area contributed by atoms with Gasteiger partial charge in [0.25, 0.3) is 0 Å². The Morgan fingerprint density at radius 2 is 1.90 bits per heavy atom. The normalized spacial score (nSPS) is 27.1. The summed E-state index contributed by atoms with van der Waals surface area (Å²) in [5.74, 6) is -2.44. The van der Waals surface area contributed by atoms with E-state index < -0.39 is 40.4 Å². The number of nitrogens with one attached hydrogen (secondary N) is 1. The maximum atomic E-state index is 12.0. The van der Waals surface area contributed by atoms with Gasteiger partial charge in [-0.15, -0.1) is 0 Å². The van der Waals surface area contributed by atoms with Gasteiger partial charge < -0.3 is 10.4 Å². The van der Waals surface area contributed by atoms with Crippen molar-refractivity contribution in [2.75, 3.05) is 5.75 Å². The van der Waals surface area contributed by atoms with Gasteiger partial charge in [-0.3, -0.25) is 4.79 Å². The van der Waals surface area contributed by atoms with Gasteiger partial charge in [-0.05, 0) is 43.4 Å². The molecule has 116 valence electrons. The van der Waals surface area contributed by atoms with Crippen molar-refractivity contribution < 1.29 is 27.9 Å². The van der Waals surface area contributed by atoms with Gasteiger partial charge in [0.05, 0.1) is 5.75 Å². The molecule has 1 fully saturated rings. The molecule has 8 heteroatoms. The zero-order valence-electron chi connectivity index (χ0n) is 11.1. The van der Waals surface area contributed by atoms with Gasteiger partial charge in [0, 0.05) is 0 Å². The highest BCUT2D eigenvalue weighted by Crippen LogP contribution is 2.35. The summed E-state index contributed by atoms with van der Waals surface area (Å²) in [5, 5.41) is 11.6. The Kier molecular flexibility index (Phi) is 5.73. The molecule has 0 saturated heterocycles. The first-order valence-corrected chi connectivity index (χ1v) is 7.42. The lowest BCUT2D eigenvalue weighted by Gasteiger charge is -2.37. The summed E-state index contributed by atoms with van der Waals surface area (Å²) in [4.78, 5) is 22.9. The highest BCUT2D eigenvalue weighted by molar-refractivity contribution is 8.00. The molecule has 20 heavy (non-hydrogen) atoms. The molecular formula is C12H18F3NO3S. The first kappa shape index (κ1) is 17.1. The van der Waals surface area contributed by atoms with Gasteiger partial charge in [-0.1, -0.05) is 13.3 Å². The van der Waals surface area contributed by atoms with Gasteiger partial charge in [-0.2, -0.15) is 13.2 Å². The lowest BCUT2D eigenvalue weighted by molar-refractivity contribution is -0.149. The minimum absolute atomic E-state index is 0.267. The Labute approximate surface area is 119 Å². The Morgan fingerprint density at radius 3 is 2.30 bits per heavy atom. The predicted octanol–water partition coefficient (Wildman–Crippen LogP) is 2.78. The summed E-state index contributed by atoms with van der Waals surface area (Å²) in [6.07, 6.45) is 2.80. The Hall–Kier alpha value is -0.920. The van der Waals surface area contributed by atoms with E-state index in [9.17, 15) is 27.9 Å². The zero-order chi connectivity index (χ0) is 15.4. The first-order valence-electron chi connectivity index (χ1n) is 6.43. The number of hydrogen-bond donors (Lipinski definition) is 2. The lowest BCUT2D eigenvalue weighted by Crippen LogP contribution is -2.56. The van der Waals surface area contributed by atoms with Crippen LogP contribution >= 0.6 is 11.8 Å². The lowest BCUT2D eigenvalue weighted by atomic mass is 9.75. The molecule has 4 nitrogen and oxygen atoms in total. The number of rotatable bonds is 5. The summed E-state index contributed by atoms with van der Waals surface area (Å²) in [6.45, 7) is 2.01. The van der Waals surface area contributed by atoms with Crippen molar-refractivity contribution >= 4 is 23.6 Å². The molecule has 1 rings (SSSR count). The number of aliphatic carboxylic acids is 1. The fourth-order valence-electron chi connectivity index (χ4n) is 2.42. The molecule has 0 bridgehead atoms. The van der Waals surface area contributed by atoms with Crippen molar-refractivity contribution in [3.05, 3.63) is 0 Å². The van der Waals surface area contributed by atoms with E-state index in [2.05, 4.69) is 5.32 Å². The number of carbonyl (C=O) groups is 2. The van der Waals surface area contributed by atoms with Crippen LogP contribution in [-0.2, 0) is 9.59 Å². The molecule has 1 amide bonds. The first-order chi connectivity index (χ1) is 9.18. The van der Waals surface area contributed by atoms with Crippen LogP contribution in [0.25, 0.3) is 0 Å². The van der Waals surface area contributed by atoms with Crippen molar-refractivity contribution in [2.45, 2.75) is 50.1 Å². The molecule has 0 unspecified atom stereocenters. The topological polar surface area (TPSA) is 66.4 Å². The third-order valence-electron chi connectivity index (χ3n) is 3.69. The molecule has 0 heterocycles. The Morgan fingerprint density at radius 1 is 1.35 bits per heavy atom. The summed E-state index contributed by atoms with van der Waals surface area (Å²) < 4.78 is 36.0. The number of alkyl halides is 3. The van der Waals surface area contributed by atoms with Gasteiger partial charge in [0.15, 0.2) is 0 Å².